The molecular formula is C15H12BrClFNO2. The fourth-order valence-corrected chi connectivity index (χ4v) is 2.44. The second-order valence-corrected chi connectivity index (χ2v) is 5.67. The van der Waals surface area contributed by atoms with Crippen LogP contribution in [0.2, 0.25) is 5.02 Å². The highest BCUT2D eigenvalue weighted by Gasteiger charge is 2.15. The molecule has 0 bridgehead atoms. The van der Waals surface area contributed by atoms with Gasteiger partial charge in [-0.3, -0.25) is 4.79 Å². The molecule has 0 spiro atoms. The lowest BCUT2D eigenvalue weighted by atomic mass is 10.1. The molecule has 0 unspecified atom stereocenters. The smallest absolute Gasteiger partial charge is 0.259 e. The van der Waals surface area contributed by atoms with Crippen LogP contribution >= 0.6 is 27.5 Å². The largest absolute Gasteiger partial charge is 0.496 e. The van der Waals surface area contributed by atoms with Crippen LogP contribution in [0.3, 0.4) is 0 Å². The number of hydrogen-bond donors (Lipinski definition) is 1. The minimum atomic E-state index is -0.445. The third-order valence-corrected chi connectivity index (χ3v) is 3.77. The van der Waals surface area contributed by atoms with E-state index in [4.69, 9.17) is 16.3 Å². The first-order chi connectivity index (χ1) is 9.92. The van der Waals surface area contributed by atoms with Gasteiger partial charge in [-0.1, -0.05) is 11.6 Å². The maximum atomic E-state index is 13.6. The minimum absolute atomic E-state index is 0.324. The van der Waals surface area contributed by atoms with Crippen molar-refractivity contribution in [3.63, 3.8) is 0 Å². The molecule has 2 aromatic carbocycles. The van der Waals surface area contributed by atoms with E-state index in [1.165, 1.54) is 13.2 Å². The Balaban J connectivity index is 2.32. The van der Waals surface area contributed by atoms with Crippen LogP contribution in [-0.4, -0.2) is 13.0 Å². The number of anilines is 1. The van der Waals surface area contributed by atoms with Gasteiger partial charge in [0.1, 0.15) is 11.6 Å². The lowest BCUT2D eigenvalue weighted by Crippen LogP contribution is -2.14. The zero-order chi connectivity index (χ0) is 15.6. The number of carbonyl (C=O) groups is 1. The highest BCUT2D eigenvalue weighted by Crippen LogP contribution is 2.27. The van der Waals surface area contributed by atoms with Crippen LogP contribution in [-0.2, 0) is 0 Å². The van der Waals surface area contributed by atoms with Gasteiger partial charge in [0, 0.05) is 10.7 Å². The Labute approximate surface area is 135 Å². The van der Waals surface area contributed by atoms with Gasteiger partial charge in [0.2, 0.25) is 0 Å². The number of aryl methyl sites for hydroxylation is 1. The van der Waals surface area contributed by atoms with E-state index >= 15 is 0 Å². The number of nitrogens with one attached hydrogen (secondary N) is 1. The molecule has 3 nitrogen and oxygen atoms in total. The highest BCUT2D eigenvalue weighted by molar-refractivity contribution is 9.10. The summed E-state index contributed by atoms with van der Waals surface area (Å²) < 4.78 is 19.1. The molecule has 1 amide bonds. The summed E-state index contributed by atoms with van der Waals surface area (Å²) in [6.45, 7) is 1.78. The van der Waals surface area contributed by atoms with Crippen molar-refractivity contribution in [2.75, 3.05) is 12.4 Å². The SMILES string of the molecule is COc1cc(Cl)ccc1C(=O)Nc1cc(F)c(Br)cc1C. The Hall–Kier alpha value is -1.59. The van der Waals surface area contributed by atoms with Crippen molar-refractivity contribution >= 4 is 39.1 Å². The van der Waals surface area contributed by atoms with Gasteiger partial charge in [0.15, 0.2) is 0 Å². The molecule has 21 heavy (non-hydrogen) atoms. The number of benzene rings is 2. The van der Waals surface area contributed by atoms with E-state index in [9.17, 15) is 9.18 Å². The molecule has 0 fully saturated rings. The van der Waals surface area contributed by atoms with Gasteiger partial charge in [0.05, 0.1) is 17.1 Å². The summed E-state index contributed by atoms with van der Waals surface area (Å²) in [5, 5.41) is 3.13. The molecule has 0 aliphatic heterocycles. The van der Waals surface area contributed by atoms with E-state index in [1.54, 1.807) is 31.2 Å². The Morgan fingerprint density at radius 2 is 2.05 bits per heavy atom. The molecule has 2 aromatic rings. The second kappa shape index (κ2) is 6.45. The van der Waals surface area contributed by atoms with Gasteiger partial charge >= 0.3 is 0 Å². The van der Waals surface area contributed by atoms with E-state index in [-0.39, 0.29) is 0 Å². The van der Waals surface area contributed by atoms with Gasteiger partial charge < -0.3 is 10.1 Å². The first-order valence-electron chi connectivity index (χ1n) is 6.03. The Morgan fingerprint density at radius 1 is 1.33 bits per heavy atom. The van der Waals surface area contributed by atoms with Gasteiger partial charge in [-0.15, -0.1) is 0 Å². The van der Waals surface area contributed by atoms with Crippen LogP contribution in [0.5, 0.6) is 5.75 Å². The predicted molar refractivity (Wildman–Crippen MR) is 84.8 cm³/mol. The minimum Gasteiger partial charge on any atom is -0.496 e. The summed E-state index contributed by atoms with van der Waals surface area (Å²) >= 11 is 8.96. The topological polar surface area (TPSA) is 38.3 Å². The van der Waals surface area contributed by atoms with Crippen LogP contribution in [0.1, 0.15) is 15.9 Å². The number of halogens is 3. The Kier molecular flexibility index (Phi) is 4.85. The standard InChI is InChI=1S/C15H12BrClFNO2/c1-8-5-11(16)12(18)7-13(8)19-15(20)10-4-3-9(17)6-14(10)21-2/h3-7H,1-2H3,(H,19,20). The zero-order valence-corrected chi connectivity index (χ0v) is 13.7. The summed E-state index contributed by atoms with van der Waals surface area (Å²) in [4.78, 5) is 12.3. The van der Waals surface area contributed by atoms with Crippen molar-refractivity contribution < 1.29 is 13.9 Å². The quantitative estimate of drug-likeness (QED) is 0.839. The van der Waals surface area contributed by atoms with Crippen molar-refractivity contribution in [3.05, 3.63) is 56.8 Å². The van der Waals surface area contributed by atoms with Crippen LogP contribution in [0.15, 0.2) is 34.8 Å². The van der Waals surface area contributed by atoms with Gasteiger partial charge in [-0.05, 0) is 58.7 Å². The number of rotatable bonds is 3. The van der Waals surface area contributed by atoms with Gasteiger partial charge in [-0.25, -0.2) is 4.39 Å². The molecule has 2 rings (SSSR count). The van der Waals surface area contributed by atoms with Crippen molar-refractivity contribution in [1.82, 2.24) is 0 Å². The first kappa shape index (κ1) is 15.8. The van der Waals surface area contributed by atoms with Crippen molar-refractivity contribution in [2.45, 2.75) is 6.92 Å². The molecule has 0 atom stereocenters. The van der Waals surface area contributed by atoms with Gasteiger partial charge in [-0.2, -0.15) is 0 Å². The molecule has 0 saturated heterocycles. The van der Waals surface area contributed by atoms with Gasteiger partial charge in [0.25, 0.3) is 5.91 Å². The molecule has 0 aliphatic rings. The second-order valence-electron chi connectivity index (χ2n) is 4.38. The number of amides is 1. The average molecular weight is 373 g/mol. The van der Waals surface area contributed by atoms with Crippen molar-refractivity contribution in [2.24, 2.45) is 0 Å². The van der Waals surface area contributed by atoms with Crippen LogP contribution < -0.4 is 10.1 Å². The summed E-state index contributed by atoms with van der Waals surface area (Å²) in [5.41, 5.74) is 1.46. The van der Waals surface area contributed by atoms with E-state index in [1.807, 2.05) is 0 Å². The maximum absolute atomic E-state index is 13.6. The lowest BCUT2D eigenvalue weighted by Gasteiger charge is -2.12. The van der Waals surface area contributed by atoms with Crippen LogP contribution in [0.4, 0.5) is 10.1 Å². The van der Waals surface area contributed by atoms with Crippen molar-refractivity contribution in [3.8, 4) is 5.75 Å². The van der Waals surface area contributed by atoms with Crippen LogP contribution in [0, 0.1) is 12.7 Å². The molecule has 0 heterocycles. The molecular weight excluding hydrogens is 361 g/mol. The summed E-state index contributed by atoms with van der Waals surface area (Å²) in [7, 11) is 1.45. The number of methoxy groups -OCH3 is 1. The van der Waals surface area contributed by atoms with E-state index in [0.29, 0.717) is 26.5 Å². The molecule has 0 saturated carbocycles. The Bertz CT molecular complexity index is 706. The van der Waals surface area contributed by atoms with Crippen molar-refractivity contribution in [1.29, 1.82) is 0 Å². The monoisotopic (exact) mass is 371 g/mol. The number of hydrogen-bond acceptors (Lipinski definition) is 2. The molecule has 0 radical (unpaired) electrons. The van der Waals surface area contributed by atoms with E-state index in [0.717, 1.165) is 5.56 Å². The molecule has 1 N–H and O–H groups in total. The highest BCUT2D eigenvalue weighted by atomic mass is 79.9. The third kappa shape index (κ3) is 3.54. The Morgan fingerprint density at radius 3 is 2.71 bits per heavy atom. The number of ether oxygens (including phenoxy) is 1. The fraction of sp³-hybridized carbons (Fsp3) is 0.133. The van der Waals surface area contributed by atoms with E-state index < -0.39 is 11.7 Å². The average Bonchev–Trinajstić information content (AvgIpc) is 2.44. The van der Waals surface area contributed by atoms with E-state index in [2.05, 4.69) is 21.2 Å². The summed E-state index contributed by atoms with van der Waals surface area (Å²) in [6.07, 6.45) is 0. The molecule has 0 aromatic heterocycles. The zero-order valence-electron chi connectivity index (χ0n) is 11.3. The molecule has 0 aliphatic carbocycles. The van der Waals surface area contributed by atoms with Crippen LogP contribution in [0.25, 0.3) is 0 Å². The third-order valence-electron chi connectivity index (χ3n) is 2.92. The summed E-state index contributed by atoms with van der Waals surface area (Å²) in [5.74, 6) is -0.484. The predicted octanol–water partition coefficient (Wildman–Crippen LogP) is 4.81. The number of carbonyl (C=O) groups excluding carboxylic acids is 1. The summed E-state index contributed by atoms with van der Waals surface area (Å²) in [6, 6.07) is 7.56. The first-order valence-corrected chi connectivity index (χ1v) is 7.20. The molecule has 6 heteroatoms. The maximum Gasteiger partial charge on any atom is 0.259 e. The fourth-order valence-electron chi connectivity index (χ4n) is 1.82. The normalized spacial score (nSPS) is 10.3. The molecule has 110 valence electrons. The lowest BCUT2D eigenvalue weighted by molar-refractivity contribution is 0.102.